The van der Waals surface area contributed by atoms with E-state index in [2.05, 4.69) is 5.32 Å². The third kappa shape index (κ3) is 3.13. The van der Waals surface area contributed by atoms with E-state index in [-0.39, 0.29) is 0 Å². The summed E-state index contributed by atoms with van der Waals surface area (Å²) in [5.74, 6) is 0. The third-order valence-corrected chi connectivity index (χ3v) is 3.51. The van der Waals surface area contributed by atoms with Crippen LogP contribution in [-0.4, -0.2) is 12.6 Å². The second-order valence-corrected chi connectivity index (χ2v) is 4.97. The van der Waals surface area contributed by atoms with Crippen LogP contribution in [0.3, 0.4) is 0 Å². The highest BCUT2D eigenvalue weighted by Gasteiger charge is 2.12. The minimum absolute atomic E-state index is 0.659. The molecule has 0 bridgehead atoms. The number of nitrogen functional groups attached to an aromatic ring is 1. The number of halogens is 1. The molecule has 1 fully saturated rings. The van der Waals surface area contributed by atoms with Gasteiger partial charge in [0.2, 0.25) is 0 Å². The molecule has 0 amide bonds. The smallest absolute Gasteiger partial charge is 0.0410 e. The van der Waals surface area contributed by atoms with Gasteiger partial charge < -0.3 is 11.1 Å². The molecule has 0 saturated carbocycles. The normalized spacial score (nSPS) is 20.9. The lowest BCUT2D eigenvalue weighted by atomic mass is 9.97. The van der Waals surface area contributed by atoms with Gasteiger partial charge in [-0.05, 0) is 56.0 Å². The summed E-state index contributed by atoms with van der Waals surface area (Å²) in [6, 6.07) is 6.39. The van der Waals surface area contributed by atoms with Gasteiger partial charge in [-0.2, -0.15) is 0 Å². The summed E-state index contributed by atoms with van der Waals surface area (Å²) in [4.78, 5) is 0. The average molecular weight is 239 g/mol. The highest BCUT2D eigenvalue weighted by atomic mass is 35.5. The van der Waals surface area contributed by atoms with Gasteiger partial charge >= 0.3 is 0 Å². The molecule has 1 aromatic rings. The minimum atomic E-state index is 0.659. The first-order chi connectivity index (χ1) is 7.75. The Bertz CT molecular complexity index is 346. The van der Waals surface area contributed by atoms with Gasteiger partial charge in [-0.15, -0.1) is 0 Å². The molecule has 1 aliphatic rings. The van der Waals surface area contributed by atoms with Crippen LogP contribution in [0.15, 0.2) is 18.2 Å². The fourth-order valence-corrected chi connectivity index (χ4v) is 2.49. The van der Waals surface area contributed by atoms with Crippen molar-refractivity contribution in [3.05, 3.63) is 28.8 Å². The van der Waals surface area contributed by atoms with Crippen molar-refractivity contribution in [1.82, 2.24) is 5.32 Å². The summed E-state index contributed by atoms with van der Waals surface area (Å²) in [6.07, 6.45) is 6.13. The molecule has 1 aliphatic heterocycles. The van der Waals surface area contributed by atoms with Crippen LogP contribution >= 0.6 is 11.6 Å². The predicted molar refractivity (Wildman–Crippen MR) is 69.8 cm³/mol. The van der Waals surface area contributed by atoms with Crippen LogP contribution in [0.5, 0.6) is 0 Å². The Morgan fingerprint density at radius 3 is 3.00 bits per heavy atom. The predicted octanol–water partition coefficient (Wildman–Crippen LogP) is 3.00. The molecule has 1 saturated heterocycles. The number of aryl methyl sites for hydroxylation is 1. The highest BCUT2D eigenvalue weighted by molar-refractivity contribution is 6.30. The SMILES string of the molecule is Nc1ccc(Cl)cc1CCC1CCCCN1. The van der Waals surface area contributed by atoms with Crippen LogP contribution in [0.1, 0.15) is 31.2 Å². The van der Waals surface area contributed by atoms with Gasteiger partial charge in [-0.25, -0.2) is 0 Å². The van der Waals surface area contributed by atoms with E-state index in [1.165, 1.54) is 24.8 Å². The van der Waals surface area contributed by atoms with Crippen molar-refractivity contribution >= 4 is 17.3 Å². The van der Waals surface area contributed by atoms with Crippen LogP contribution in [0, 0.1) is 0 Å². The van der Waals surface area contributed by atoms with Crippen molar-refractivity contribution in [3.8, 4) is 0 Å². The maximum Gasteiger partial charge on any atom is 0.0410 e. The summed E-state index contributed by atoms with van der Waals surface area (Å²) in [5, 5.41) is 4.33. The van der Waals surface area contributed by atoms with E-state index >= 15 is 0 Å². The summed E-state index contributed by atoms with van der Waals surface area (Å²) in [6.45, 7) is 1.16. The first-order valence-electron chi connectivity index (χ1n) is 6.03. The van der Waals surface area contributed by atoms with Crippen molar-refractivity contribution < 1.29 is 0 Å². The second kappa shape index (κ2) is 5.55. The van der Waals surface area contributed by atoms with Crippen LogP contribution in [-0.2, 0) is 6.42 Å². The van der Waals surface area contributed by atoms with Gasteiger partial charge in [0.05, 0.1) is 0 Å². The molecular weight excluding hydrogens is 220 g/mol. The Kier molecular flexibility index (Phi) is 4.08. The molecule has 0 aliphatic carbocycles. The quantitative estimate of drug-likeness (QED) is 0.795. The lowest BCUT2D eigenvalue weighted by molar-refractivity contribution is 0.383. The Morgan fingerprint density at radius 2 is 2.25 bits per heavy atom. The van der Waals surface area contributed by atoms with Crippen molar-refractivity contribution in [2.45, 2.75) is 38.1 Å². The monoisotopic (exact) mass is 238 g/mol. The molecule has 88 valence electrons. The molecule has 16 heavy (non-hydrogen) atoms. The second-order valence-electron chi connectivity index (χ2n) is 4.53. The maximum atomic E-state index is 5.97. The van der Waals surface area contributed by atoms with E-state index in [1.54, 1.807) is 0 Å². The molecule has 3 N–H and O–H groups in total. The molecule has 1 atom stereocenters. The van der Waals surface area contributed by atoms with Crippen molar-refractivity contribution in [3.63, 3.8) is 0 Å². The molecule has 1 aromatic carbocycles. The number of hydrogen-bond donors (Lipinski definition) is 2. The number of nitrogens with two attached hydrogens (primary N) is 1. The number of piperidine rings is 1. The zero-order valence-corrected chi connectivity index (χ0v) is 10.3. The van der Waals surface area contributed by atoms with Gasteiger partial charge in [0.15, 0.2) is 0 Å². The zero-order chi connectivity index (χ0) is 11.4. The summed E-state index contributed by atoms with van der Waals surface area (Å²) >= 11 is 5.97. The van der Waals surface area contributed by atoms with Gasteiger partial charge in [0.1, 0.15) is 0 Å². The number of rotatable bonds is 3. The Morgan fingerprint density at radius 1 is 1.38 bits per heavy atom. The molecule has 0 aromatic heterocycles. The molecule has 2 rings (SSSR count). The first-order valence-corrected chi connectivity index (χ1v) is 6.41. The maximum absolute atomic E-state index is 5.97. The van der Waals surface area contributed by atoms with E-state index in [0.29, 0.717) is 6.04 Å². The fourth-order valence-electron chi connectivity index (χ4n) is 2.29. The topological polar surface area (TPSA) is 38.0 Å². The summed E-state index contributed by atoms with van der Waals surface area (Å²) < 4.78 is 0. The molecule has 0 spiro atoms. The molecule has 3 heteroatoms. The van der Waals surface area contributed by atoms with Crippen LogP contribution < -0.4 is 11.1 Å². The zero-order valence-electron chi connectivity index (χ0n) is 9.51. The third-order valence-electron chi connectivity index (χ3n) is 3.28. The number of anilines is 1. The molecule has 0 radical (unpaired) electrons. The Labute approximate surface area is 102 Å². The number of benzene rings is 1. The first kappa shape index (κ1) is 11.7. The van der Waals surface area contributed by atoms with E-state index < -0.39 is 0 Å². The van der Waals surface area contributed by atoms with E-state index in [9.17, 15) is 0 Å². The van der Waals surface area contributed by atoms with Gasteiger partial charge in [0, 0.05) is 16.8 Å². The minimum Gasteiger partial charge on any atom is -0.399 e. The van der Waals surface area contributed by atoms with Crippen LogP contribution in [0.25, 0.3) is 0 Å². The van der Waals surface area contributed by atoms with Gasteiger partial charge in [0.25, 0.3) is 0 Å². The lowest BCUT2D eigenvalue weighted by Gasteiger charge is -2.23. The van der Waals surface area contributed by atoms with Crippen LogP contribution in [0.2, 0.25) is 5.02 Å². The summed E-state index contributed by atoms with van der Waals surface area (Å²) in [5.41, 5.74) is 7.97. The largest absolute Gasteiger partial charge is 0.399 e. The van der Waals surface area contributed by atoms with Gasteiger partial charge in [-0.1, -0.05) is 18.0 Å². The van der Waals surface area contributed by atoms with E-state index in [1.807, 2.05) is 18.2 Å². The molecule has 2 nitrogen and oxygen atoms in total. The van der Waals surface area contributed by atoms with Crippen LogP contribution in [0.4, 0.5) is 5.69 Å². The molecule has 1 heterocycles. The highest BCUT2D eigenvalue weighted by Crippen LogP contribution is 2.21. The van der Waals surface area contributed by atoms with E-state index in [4.69, 9.17) is 17.3 Å². The molecule has 1 unspecified atom stereocenters. The number of nitrogens with one attached hydrogen (secondary N) is 1. The average Bonchev–Trinajstić information content (AvgIpc) is 2.32. The Hall–Kier alpha value is -0.730. The standard InChI is InChI=1S/C13H19ClN2/c14-11-5-7-13(15)10(9-11)4-6-12-3-1-2-8-16-12/h5,7,9,12,16H,1-4,6,8,15H2. The lowest BCUT2D eigenvalue weighted by Crippen LogP contribution is -2.34. The van der Waals surface area contributed by atoms with Crippen molar-refractivity contribution in [1.29, 1.82) is 0 Å². The number of hydrogen-bond acceptors (Lipinski definition) is 2. The summed E-state index contributed by atoms with van der Waals surface area (Å²) in [7, 11) is 0. The van der Waals surface area contributed by atoms with E-state index in [0.717, 1.165) is 30.1 Å². The van der Waals surface area contributed by atoms with Crippen molar-refractivity contribution in [2.24, 2.45) is 0 Å². The fraction of sp³-hybridized carbons (Fsp3) is 0.538. The van der Waals surface area contributed by atoms with Gasteiger partial charge in [-0.3, -0.25) is 0 Å². The van der Waals surface area contributed by atoms with Crippen molar-refractivity contribution in [2.75, 3.05) is 12.3 Å². The molecular formula is C13H19ClN2. The Balaban J connectivity index is 1.90.